The molecular weight excluding hydrogens is 230 g/mol. The summed E-state index contributed by atoms with van der Waals surface area (Å²) in [5.74, 6) is -0.0835. The first-order valence-corrected chi connectivity index (χ1v) is 5.71. The predicted octanol–water partition coefficient (Wildman–Crippen LogP) is 2.11. The fourth-order valence-corrected chi connectivity index (χ4v) is 1.99. The Balaban J connectivity index is 2.41. The van der Waals surface area contributed by atoms with E-state index in [2.05, 4.69) is 0 Å². The van der Waals surface area contributed by atoms with Gasteiger partial charge in [0.05, 0.1) is 6.61 Å². The first kappa shape index (κ1) is 12.2. The molecule has 1 heterocycles. The van der Waals surface area contributed by atoms with Gasteiger partial charge in [-0.2, -0.15) is 0 Å². The van der Waals surface area contributed by atoms with E-state index in [9.17, 15) is 4.79 Å². The van der Waals surface area contributed by atoms with Crippen LogP contribution in [0.15, 0.2) is 30.5 Å². The number of benzene rings is 1. The second-order valence-electron chi connectivity index (χ2n) is 3.91. The zero-order valence-electron chi connectivity index (χ0n) is 10.1. The number of nitrogens with one attached hydrogen (secondary N) is 1. The Kier molecular flexibility index (Phi) is 3.32. The third-order valence-electron chi connectivity index (χ3n) is 2.76. The Labute approximate surface area is 105 Å². The Morgan fingerprint density at radius 3 is 2.89 bits per heavy atom. The summed E-state index contributed by atoms with van der Waals surface area (Å²) in [6.45, 7) is 2.03. The molecule has 0 bridgehead atoms. The summed E-state index contributed by atoms with van der Waals surface area (Å²) in [6.07, 6.45) is 2.92. The molecule has 2 rings (SSSR count). The van der Waals surface area contributed by atoms with Gasteiger partial charge in [0.1, 0.15) is 11.9 Å². The van der Waals surface area contributed by atoms with E-state index in [4.69, 9.17) is 15.9 Å². The second kappa shape index (κ2) is 4.91. The maximum absolute atomic E-state index is 11.8. The van der Waals surface area contributed by atoms with Crippen LogP contribution in [0.2, 0.25) is 0 Å². The number of carbonyl (C=O) groups excluding carboxylic acids is 1. The molecule has 0 aliphatic carbocycles. The normalized spacial score (nSPS) is 17.2. The molecule has 5 nitrogen and oxygen atoms in total. The molecule has 1 aliphatic rings. The number of hydrogen-bond donors (Lipinski definition) is 2. The van der Waals surface area contributed by atoms with Gasteiger partial charge in [0.2, 0.25) is 0 Å². The van der Waals surface area contributed by atoms with E-state index < -0.39 is 12.1 Å². The van der Waals surface area contributed by atoms with Crippen LogP contribution in [0.3, 0.4) is 0 Å². The predicted molar refractivity (Wildman–Crippen MR) is 69.0 cm³/mol. The number of carbonyl (C=O) groups is 1. The zero-order valence-corrected chi connectivity index (χ0v) is 10.1. The SMILES string of the molecule is CCOC(=O)N1C=Cc2ccccc2C1C(=N)N. The zero-order chi connectivity index (χ0) is 13.1. The van der Waals surface area contributed by atoms with Crippen LogP contribution in [0.25, 0.3) is 6.08 Å². The lowest BCUT2D eigenvalue weighted by Gasteiger charge is -2.31. The fraction of sp³-hybridized carbons (Fsp3) is 0.231. The number of nitrogens with zero attached hydrogens (tertiary/aromatic N) is 1. The summed E-state index contributed by atoms with van der Waals surface area (Å²) in [6, 6.07) is 6.95. The lowest BCUT2D eigenvalue weighted by molar-refractivity contribution is 0.117. The van der Waals surface area contributed by atoms with Crippen molar-refractivity contribution in [3.8, 4) is 0 Å². The lowest BCUT2D eigenvalue weighted by Crippen LogP contribution is -2.40. The van der Waals surface area contributed by atoms with Gasteiger partial charge in [-0.1, -0.05) is 24.3 Å². The number of amides is 1. The molecule has 1 unspecified atom stereocenters. The van der Waals surface area contributed by atoms with Crippen LogP contribution in [0, 0.1) is 5.41 Å². The van der Waals surface area contributed by atoms with Crippen molar-refractivity contribution in [2.45, 2.75) is 13.0 Å². The van der Waals surface area contributed by atoms with Gasteiger partial charge in [-0.3, -0.25) is 10.3 Å². The minimum absolute atomic E-state index is 0.0835. The molecule has 0 aromatic heterocycles. The minimum atomic E-state index is -0.592. The number of nitrogens with two attached hydrogens (primary N) is 1. The fourth-order valence-electron chi connectivity index (χ4n) is 1.99. The van der Waals surface area contributed by atoms with Crippen LogP contribution in [-0.4, -0.2) is 23.4 Å². The molecule has 1 atom stereocenters. The van der Waals surface area contributed by atoms with Gasteiger partial charge >= 0.3 is 6.09 Å². The standard InChI is InChI=1S/C13H15N3O2/c1-2-18-13(17)16-8-7-9-5-3-4-6-10(9)11(16)12(14)15/h3-8,11H,2H2,1H3,(H3,14,15). The maximum atomic E-state index is 11.8. The van der Waals surface area contributed by atoms with E-state index in [0.29, 0.717) is 0 Å². The molecule has 0 radical (unpaired) electrons. The topological polar surface area (TPSA) is 79.4 Å². The van der Waals surface area contributed by atoms with E-state index >= 15 is 0 Å². The van der Waals surface area contributed by atoms with Crippen LogP contribution in [0.4, 0.5) is 4.79 Å². The van der Waals surface area contributed by atoms with E-state index in [0.717, 1.165) is 11.1 Å². The molecule has 3 N–H and O–H groups in total. The molecule has 0 saturated heterocycles. The van der Waals surface area contributed by atoms with Crippen molar-refractivity contribution in [3.63, 3.8) is 0 Å². The highest BCUT2D eigenvalue weighted by Gasteiger charge is 2.30. The smallest absolute Gasteiger partial charge is 0.414 e. The van der Waals surface area contributed by atoms with Crippen LogP contribution in [0.5, 0.6) is 0 Å². The largest absolute Gasteiger partial charge is 0.449 e. The number of fused-ring (bicyclic) bond motifs is 1. The highest BCUT2D eigenvalue weighted by Crippen LogP contribution is 2.30. The average Bonchev–Trinajstić information content (AvgIpc) is 2.37. The van der Waals surface area contributed by atoms with E-state index in [1.807, 2.05) is 30.3 Å². The van der Waals surface area contributed by atoms with Gasteiger partial charge in [-0.15, -0.1) is 0 Å². The summed E-state index contributed by atoms with van der Waals surface area (Å²) in [7, 11) is 0. The summed E-state index contributed by atoms with van der Waals surface area (Å²) < 4.78 is 4.96. The van der Waals surface area contributed by atoms with Crippen molar-refractivity contribution in [3.05, 3.63) is 41.6 Å². The number of hydrogen-bond acceptors (Lipinski definition) is 3. The number of amidine groups is 1. The summed E-state index contributed by atoms with van der Waals surface area (Å²) >= 11 is 0. The van der Waals surface area contributed by atoms with Crippen molar-refractivity contribution in [1.82, 2.24) is 4.90 Å². The average molecular weight is 245 g/mol. The molecule has 0 saturated carbocycles. The van der Waals surface area contributed by atoms with Crippen molar-refractivity contribution in [2.24, 2.45) is 5.73 Å². The molecule has 1 aromatic carbocycles. The van der Waals surface area contributed by atoms with E-state index in [-0.39, 0.29) is 12.4 Å². The highest BCUT2D eigenvalue weighted by atomic mass is 16.6. The maximum Gasteiger partial charge on any atom is 0.414 e. The molecule has 0 fully saturated rings. The Morgan fingerprint density at radius 1 is 1.50 bits per heavy atom. The van der Waals surface area contributed by atoms with Gasteiger partial charge in [0.15, 0.2) is 0 Å². The van der Waals surface area contributed by atoms with Crippen LogP contribution in [0.1, 0.15) is 24.1 Å². The monoisotopic (exact) mass is 245 g/mol. The van der Waals surface area contributed by atoms with E-state index in [1.165, 1.54) is 4.90 Å². The minimum Gasteiger partial charge on any atom is -0.449 e. The number of rotatable bonds is 2. The first-order chi connectivity index (χ1) is 8.65. The van der Waals surface area contributed by atoms with Crippen molar-refractivity contribution in [1.29, 1.82) is 5.41 Å². The Morgan fingerprint density at radius 2 is 2.22 bits per heavy atom. The van der Waals surface area contributed by atoms with Crippen LogP contribution in [-0.2, 0) is 4.74 Å². The van der Waals surface area contributed by atoms with Crippen LogP contribution < -0.4 is 5.73 Å². The lowest BCUT2D eigenvalue weighted by atomic mass is 9.96. The van der Waals surface area contributed by atoms with Crippen molar-refractivity contribution in [2.75, 3.05) is 6.61 Å². The molecule has 1 aromatic rings. The molecule has 0 spiro atoms. The molecule has 94 valence electrons. The van der Waals surface area contributed by atoms with E-state index in [1.54, 1.807) is 13.1 Å². The van der Waals surface area contributed by atoms with Gasteiger partial charge in [0, 0.05) is 6.20 Å². The summed E-state index contributed by atoms with van der Waals surface area (Å²) in [5, 5.41) is 7.67. The van der Waals surface area contributed by atoms with Gasteiger partial charge in [-0.25, -0.2) is 4.79 Å². The second-order valence-corrected chi connectivity index (χ2v) is 3.91. The van der Waals surface area contributed by atoms with Gasteiger partial charge in [0.25, 0.3) is 0 Å². The highest BCUT2D eigenvalue weighted by molar-refractivity contribution is 5.90. The van der Waals surface area contributed by atoms with Crippen molar-refractivity contribution < 1.29 is 9.53 Å². The third-order valence-corrected chi connectivity index (χ3v) is 2.76. The third kappa shape index (κ3) is 2.07. The van der Waals surface area contributed by atoms with Crippen molar-refractivity contribution >= 4 is 18.0 Å². The quantitative estimate of drug-likeness (QED) is 0.618. The Hall–Kier alpha value is -2.30. The summed E-state index contributed by atoms with van der Waals surface area (Å²) in [5.41, 5.74) is 7.40. The molecule has 1 amide bonds. The van der Waals surface area contributed by atoms with Crippen LogP contribution >= 0.6 is 0 Å². The molecule has 1 aliphatic heterocycles. The first-order valence-electron chi connectivity index (χ1n) is 5.71. The molecular formula is C13H15N3O2. The summed E-state index contributed by atoms with van der Waals surface area (Å²) in [4.78, 5) is 13.2. The molecule has 18 heavy (non-hydrogen) atoms. The Bertz CT molecular complexity index is 511. The number of ether oxygens (including phenoxy) is 1. The van der Waals surface area contributed by atoms with Gasteiger partial charge < -0.3 is 10.5 Å². The molecule has 5 heteroatoms. The van der Waals surface area contributed by atoms with Gasteiger partial charge in [-0.05, 0) is 24.1 Å².